The maximum Gasteiger partial charge on any atom is 0.253 e. The zero-order chi connectivity index (χ0) is 18.5. The Morgan fingerprint density at radius 3 is 2.31 bits per heavy atom. The van der Waals surface area contributed by atoms with Crippen LogP contribution in [0.15, 0.2) is 42.5 Å². The van der Waals surface area contributed by atoms with Gasteiger partial charge in [0.25, 0.3) is 5.91 Å². The van der Waals surface area contributed by atoms with Crippen LogP contribution < -0.4 is 4.74 Å². The second-order valence-corrected chi connectivity index (χ2v) is 7.09. The molecule has 0 radical (unpaired) electrons. The van der Waals surface area contributed by atoms with Crippen molar-refractivity contribution in [3.8, 4) is 5.75 Å². The number of piperazine rings is 1. The third-order valence-corrected chi connectivity index (χ3v) is 5.20. The van der Waals surface area contributed by atoms with Crippen LogP contribution in [0.1, 0.15) is 22.8 Å². The second-order valence-electron chi connectivity index (χ2n) is 6.27. The van der Waals surface area contributed by atoms with E-state index in [1.807, 2.05) is 54.3 Å². The Morgan fingerprint density at radius 2 is 1.69 bits per heavy atom. The number of carbonyl (C=O) groups excluding carboxylic acids is 1. The summed E-state index contributed by atoms with van der Waals surface area (Å²) in [5.74, 6) is 0.859. The second kappa shape index (κ2) is 8.76. The Hall–Kier alpha value is -1.75. The van der Waals surface area contributed by atoms with Gasteiger partial charge in [0.05, 0.1) is 16.7 Å². The highest BCUT2D eigenvalue weighted by Gasteiger charge is 2.22. The summed E-state index contributed by atoms with van der Waals surface area (Å²) in [4.78, 5) is 16.9. The quantitative estimate of drug-likeness (QED) is 0.757. The average molecular weight is 393 g/mol. The van der Waals surface area contributed by atoms with Gasteiger partial charge in [-0.1, -0.05) is 29.3 Å². The highest BCUT2D eigenvalue weighted by molar-refractivity contribution is 6.42. The van der Waals surface area contributed by atoms with E-state index in [1.54, 1.807) is 0 Å². The number of benzene rings is 2. The van der Waals surface area contributed by atoms with Gasteiger partial charge < -0.3 is 9.64 Å². The molecule has 0 saturated carbocycles. The Bertz CT molecular complexity index is 757. The van der Waals surface area contributed by atoms with E-state index < -0.39 is 0 Å². The number of amides is 1. The van der Waals surface area contributed by atoms with Gasteiger partial charge in [-0.05, 0) is 48.9 Å². The van der Waals surface area contributed by atoms with Crippen LogP contribution in [-0.2, 0) is 6.54 Å². The van der Waals surface area contributed by atoms with Crippen LogP contribution in [0.5, 0.6) is 5.75 Å². The van der Waals surface area contributed by atoms with Gasteiger partial charge in [-0.2, -0.15) is 0 Å². The number of carbonyl (C=O) groups is 1. The molecule has 0 spiro atoms. The Balaban J connectivity index is 1.54. The molecule has 0 aromatic heterocycles. The molecular weight excluding hydrogens is 371 g/mol. The van der Waals surface area contributed by atoms with Gasteiger partial charge in [-0.3, -0.25) is 9.69 Å². The molecule has 0 N–H and O–H groups in total. The molecule has 4 nitrogen and oxygen atoms in total. The molecule has 1 heterocycles. The molecule has 138 valence electrons. The van der Waals surface area contributed by atoms with Crippen molar-refractivity contribution < 1.29 is 9.53 Å². The highest BCUT2D eigenvalue weighted by Crippen LogP contribution is 2.23. The van der Waals surface area contributed by atoms with Gasteiger partial charge in [0.2, 0.25) is 0 Å². The van der Waals surface area contributed by atoms with Crippen LogP contribution in [0.25, 0.3) is 0 Å². The summed E-state index contributed by atoms with van der Waals surface area (Å²) >= 11 is 12.0. The SMILES string of the molecule is CCOc1ccc(C(=O)N2CCN(Cc3ccc(Cl)c(Cl)c3)CC2)cc1. The molecule has 0 unspecified atom stereocenters. The fourth-order valence-electron chi connectivity index (χ4n) is 3.05. The van der Waals surface area contributed by atoms with Crippen molar-refractivity contribution in [2.75, 3.05) is 32.8 Å². The molecular formula is C20H22Cl2N2O2. The Morgan fingerprint density at radius 1 is 1.00 bits per heavy atom. The van der Waals surface area contributed by atoms with Crippen molar-refractivity contribution in [2.24, 2.45) is 0 Å². The molecule has 26 heavy (non-hydrogen) atoms. The standard InChI is InChI=1S/C20H22Cl2N2O2/c1-2-26-17-6-4-16(5-7-17)20(25)24-11-9-23(10-12-24)14-15-3-8-18(21)19(22)13-15/h3-8,13H,2,9-12,14H2,1H3. The summed E-state index contributed by atoms with van der Waals surface area (Å²) in [6.45, 7) is 6.47. The summed E-state index contributed by atoms with van der Waals surface area (Å²) in [6.07, 6.45) is 0. The third kappa shape index (κ3) is 4.70. The Kier molecular flexibility index (Phi) is 6.41. The topological polar surface area (TPSA) is 32.8 Å². The Labute approximate surface area is 164 Å². The zero-order valence-corrected chi connectivity index (χ0v) is 16.3. The van der Waals surface area contributed by atoms with Gasteiger partial charge in [-0.15, -0.1) is 0 Å². The number of ether oxygens (including phenoxy) is 1. The number of hydrogen-bond acceptors (Lipinski definition) is 3. The number of nitrogens with zero attached hydrogens (tertiary/aromatic N) is 2. The van der Waals surface area contributed by atoms with Crippen molar-refractivity contribution in [3.05, 3.63) is 63.6 Å². The minimum atomic E-state index is 0.0715. The lowest BCUT2D eigenvalue weighted by Gasteiger charge is -2.34. The van der Waals surface area contributed by atoms with E-state index >= 15 is 0 Å². The maximum atomic E-state index is 12.7. The van der Waals surface area contributed by atoms with Crippen molar-refractivity contribution in [2.45, 2.75) is 13.5 Å². The zero-order valence-electron chi connectivity index (χ0n) is 14.8. The van der Waals surface area contributed by atoms with Gasteiger partial charge in [0.15, 0.2) is 0 Å². The number of rotatable bonds is 5. The van der Waals surface area contributed by atoms with E-state index in [2.05, 4.69) is 4.90 Å². The van der Waals surface area contributed by atoms with E-state index in [0.29, 0.717) is 35.3 Å². The molecule has 1 amide bonds. The minimum absolute atomic E-state index is 0.0715. The lowest BCUT2D eigenvalue weighted by atomic mass is 10.1. The first kappa shape index (κ1) is 19.0. The molecule has 1 fully saturated rings. The molecule has 1 aliphatic rings. The molecule has 2 aromatic carbocycles. The summed E-state index contributed by atoms with van der Waals surface area (Å²) in [5.41, 5.74) is 1.83. The smallest absolute Gasteiger partial charge is 0.253 e. The summed E-state index contributed by atoms with van der Waals surface area (Å²) in [6, 6.07) is 13.1. The van der Waals surface area contributed by atoms with Crippen LogP contribution >= 0.6 is 23.2 Å². The molecule has 0 bridgehead atoms. The van der Waals surface area contributed by atoms with Crippen molar-refractivity contribution in [1.82, 2.24) is 9.80 Å². The molecule has 0 aliphatic carbocycles. The minimum Gasteiger partial charge on any atom is -0.494 e. The van der Waals surface area contributed by atoms with Crippen LogP contribution in [0.2, 0.25) is 10.0 Å². The van der Waals surface area contributed by atoms with E-state index in [-0.39, 0.29) is 5.91 Å². The number of hydrogen-bond donors (Lipinski definition) is 0. The van der Waals surface area contributed by atoms with Crippen LogP contribution in [0.3, 0.4) is 0 Å². The van der Waals surface area contributed by atoms with E-state index in [9.17, 15) is 4.79 Å². The maximum absolute atomic E-state index is 12.7. The van der Waals surface area contributed by atoms with Gasteiger partial charge >= 0.3 is 0 Å². The molecule has 2 aromatic rings. The first-order chi connectivity index (χ1) is 12.6. The molecule has 6 heteroatoms. The highest BCUT2D eigenvalue weighted by atomic mass is 35.5. The summed E-state index contributed by atoms with van der Waals surface area (Å²) in [5, 5.41) is 1.15. The molecule has 3 rings (SSSR count). The normalized spacial score (nSPS) is 15.1. The van der Waals surface area contributed by atoms with Crippen molar-refractivity contribution in [3.63, 3.8) is 0 Å². The van der Waals surface area contributed by atoms with Crippen LogP contribution in [0.4, 0.5) is 0 Å². The van der Waals surface area contributed by atoms with Crippen molar-refractivity contribution >= 4 is 29.1 Å². The van der Waals surface area contributed by atoms with Gasteiger partial charge in [-0.25, -0.2) is 0 Å². The molecule has 1 aliphatic heterocycles. The first-order valence-corrected chi connectivity index (χ1v) is 9.51. The fraction of sp³-hybridized carbons (Fsp3) is 0.350. The summed E-state index contributed by atoms with van der Waals surface area (Å²) < 4.78 is 5.42. The predicted molar refractivity (Wildman–Crippen MR) is 105 cm³/mol. The van der Waals surface area contributed by atoms with E-state index in [0.717, 1.165) is 30.9 Å². The lowest BCUT2D eigenvalue weighted by Crippen LogP contribution is -2.48. The fourth-order valence-corrected chi connectivity index (χ4v) is 3.37. The molecule has 1 saturated heterocycles. The van der Waals surface area contributed by atoms with Gasteiger partial charge in [0, 0.05) is 38.3 Å². The van der Waals surface area contributed by atoms with Gasteiger partial charge in [0.1, 0.15) is 5.75 Å². The monoisotopic (exact) mass is 392 g/mol. The van der Waals surface area contributed by atoms with E-state index in [1.165, 1.54) is 0 Å². The molecule has 0 atom stereocenters. The number of halogens is 2. The van der Waals surface area contributed by atoms with Crippen LogP contribution in [-0.4, -0.2) is 48.5 Å². The van der Waals surface area contributed by atoms with Crippen molar-refractivity contribution in [1.29, 1.82) is 0 Å². The first-order valence-electron chi connectivity index (χ1n) is 8.75. The third-order valence-electron chi connectivity index (χ3n) is 4.46. The van der Waals surface area contributed by atoms with Crippen LogP contribution in [0, 0.1) is 0 Å². The lowest BCUT2D eigenvalue weighted by molar-refractivity contribution is 0.0628. The largest absolute Gasteiger partial charge is 0.494 e. The van der Waals surface area contributed by atoms with E-state index in [4.69, 9.17) is 27.9 Å². The predicted octanol–water partition coefficient (Wildman–Crippen LogP) is 4.35. The average Bonchev–Trinajstić information content (AvgIpc) is 2.66. The summed E-state index contributed by atoms with van der Waals surface area (Å²) in [7, 11) is 0.